The van der Waals surface area contributed by atoms with E-state index in [1.165, 1.54) is 30.3 Å². The number of anilines is 1. The van der Waals surface area contributed by atoms with E-state index >= 15 is 0 Å². The summed E-state index contributed by atoms with van der Waals surface area (Å²) in [7, 11) is 0. The molecule has 1 fully saturated rings. The highest BCUT2D eigenvalue weighted by Crippen LogP contribution is 2.34. The average molecular weight is 437 g/mol. The third-order valence-corrected chi connectivity index (χ3v) is 4.55. The summed E-state index contributed by atoms with van der Waals surface area (Å²) >= 11 is 0. The lowest BCUT2D eigenvalue weighted by Gasteiger charge is -2.26. The van der Waals surface area contributed by atoms with E-state index < -0.39 is 22.8 Å². The number of nitro benzene ring substituents is 1. The Balaban J connectivity index is 2.07. The van der Waals surface area contributed by atoms with Crippen LogP contribution < -0.4 is 15.0 Å². The molecule has 0 atom stereocenters. The number of benzene rings is 2. The number of hydrogen-bond donors (Lipinski definition) is 2. The molecule has 0 aliphatic carbocycles. The Hall–Kier alpha value is -4.47. The summed E-state index contributed by atoms with van der Waals surface area (Å²) in [6.07, 6.45) is 3.13. The van der Waals surface area contributed by atoms with E-state index in [0.717, 1.165) is 6.07 Å². The highest BCUT2D eigenvalue weighted by molar-refractivity contribution is 6.39. The molecule has 1 aliphatic heterocycles. The molecule has 1 saturated heterocycles. The molecule has 10 heteroatoms. The summed E-state index contributed by atoms with van der Waals surface area (Å²) in [4.78, 5) is 48.8. The fourth-order valence-corrected chi connectivity index (χ4v) is 3.15. The molecular formula is C22H19N3O7. The van der Waals surface area contributed by atoms with Gasteiger partial charge in [0.2, 0.25) is 0 Å². The molecule has 10 nitrogen and oxygen atoms in total. The monoisotopic (exact) mass is 437 g/mol. The van der Waals surface area contributed by atoms with Crippen molar-refractivity contribution >= 4 is 35.3 Å². The first-order valence-electron chi connectivity index (χ1n) is 9.52. The van der Waals surface area contributed by atoms with Crippen LogP contribution in [0.1, 0.15) is 18.1 Å². The molecule has 3 rings (SSSR count). The number of barbiturate groups is 1. The Morgan fingerprint density at radius 3 is 2.66 bits per heavy atom. The van der Waals surface area contributed by atoms with Gasteiger partial charge in [0.1, 0.15) is 5.57 Å². The molecule has 2 N–H and O–H groups in total. The van der Waals surface area contributed by atoms with Crippen LogP contribution in [0.2, 0.25) is 0 Å². The number of allylic oxidation sites excluding steroid dienone is 1. The number of non-ortho nitro benzene ring substituents is 1. The zero-order valence-corrected chi connectivity index (χ0v) is 17.0. The maximum Gasteiger partial charge on any atom is 0.335 e. The lowest BCUT2D eigenvalue weighted by atomic mass is 10.0. The van der Waals surface area contributed by atoms with Gasteiger partial charge < -0.3 is 9.84 Å². The predicted octanol–water partition coefficient (Wildman–Crippen LogP) is 3.09. The molecule has 4 amide bonds. The molecule has 2 aromatic carbocycles. The minimum Gasteiger partial charge on any atom is -0.504 e. The maximum atomic E-state index is 13.0. The van der Waals surface area contributed by atoms with Gasteiger partial charge in [-0.05, 0) is 43.2 Å². The number of carbonyl (C=O) groups excluding carboxylic acids is 3. The quantitative estimate of drug-likeness (QED) is 0.223. The van der Waals surface area contributed by atoms with E-state index in [0.29, 0.717) is 22.4 Å². The van der Waals surface area contributed by atoms with Crippen LogP contribution in [0.5, 0.6) is 11.5 Å². The third kappa shape index (κ3) is 4.33. The Labute approximate surface area is 182 Å². The number of urea groups is 1. The zero-order valence-electron chi connectivity index (χ0n) is 17.0. The van der Waals surface area contributed by atoms with Crippen LogP contribution in [0.25, 0.3) is 6.08 Å². The number of nitrogens with zero attached hydrogens (tertiary/aromatic N) is 2. The second kappa shape index (κ2) is 9.13. The first-order chi connectivity index (χ1) is 15.3. The van der Waals surface area contributed by atoms with Gasteiger partial charge in [-0.25, -0.2) is 9.69 Å². The van der Waals surface area contributed by atoms with E-state index in [1.54, 1.807) is 19.1 Å². The highest BCUT2D eigenvalue weighted by Gasteiger charge is 2.37. The number of ether oxygens (including phenoxy) is 1. The van der Waals surface area contributed by atoms with Crippen molar-refractivity contribution in [3.05, 3.63) is 75.9 Å². The average Bonchev–Trinajstić information content (AvgIpc) is 2.74. The summed E-state index contributed by atoms with van der Waals surface area (Å²) in [5.41, 5.74) is 0.0875. The number of hydrogen-bond acceptors (Lipinski definition) is 7. The van der Waals surface area contributed by atoms with Gasteiger partial charge in [-0.2, -0.15) is 0 Å². The smallest absolute Gasteiger partial charge is 0.335 e. The Morgan fingerprint density at radius 1 is 1.25 bits per heavy atom. The zero-order chi connectivity index (χ0) is 23.4. The molecule has 0 bridgehead atoms. The van der Waals surface area contributed by atoms with Crippen molar-refractivity contribution < 1.29 is 29.2 Å². The molecule has 0 saturated carbocycles. The number of phenols is 1. The summed E-state index contributed by atoms with van der Waals surface area (Å²) in [6.45, 7) is 5.64. The summed E-state index contributed by atoms with van der Waals surface area (Å²) in [6, 6.07) is 6.92. The van der Waals surface area contributed by atoms with Crippen molar-refractivity contribution in [1.82, 2.24) is 5.32 Å². The van der Waals surface area contributed by atoms with Crippen LogP contribution in [-0.2, 0) is 16.0 Å². The molecule has 0 aromatic heterocycles. The topological polar surface area (TPSA) is 139 Å². The van der Waals surface area contributed by atoms with Crippen molar-refractivity contribution in [2.75, 3.05) is 11.5 Å². The fraction of sp³-hybridized carbons (Fsp3) is 0.136. The first-order valence-corrected chi connectivity index (χ1v) is 9.52. The van der Waals surface area contributed by atoms with E-state index in [2.05, 4.69) is 11.9 Å². The van der Waals surface area contributed by atoms with Crippen LogP contribution in [0, 0.1) is 10.1 Å². The number of carbonyl (C=O) groups is 3. The molecule has 0 radical (unpaired) electrons. The standard InChI is InChI=1S/C22H19N3O7/c1-3-6-14-9-13(11-18(19(14)26)32-4-2)10-17-20(27)23-22(29)24(21(17)28)15-7-5-8-16(12-15)25(30)31/h3,5,7-12,26H,1,4,6H2,2H3,(H,23,27,29). The number of imide groups is 2. The van der Waals surface area contributed by atoms with Gasteiger partial charge in [0.25, 0.3) is 17.5 Å². The van der Waals surface area contributed by atoms with Crippen molar-refractivity contribution in [1.29, 1.82) is 0 Å². The van der Waals surface area contributed by atoms with Gasteiger partial charge >= 0.3 is 6.03 Å². The van der Waals surface area contributed by atoms with Gasteiger partial charge in [-0.3, -0.25) is 25.0 Å². The normalized spacial score (nSPS) is 15.0. The van der Waals surface area contributed by atoms with Crippen molar-refractivity contribution in [3.63, 3.8) is 0 Å². The number of amides is 4. The Kier molecular flexibility index (Phi) is 6.34. The molecule has 0 unspecified atom stereocenters. The highest BCUT2D eigenvalue weighted by atomic mass is 16.6. The predicted molar refractivity (Wildman–Crippen MR) is 115 cm³/mol. The molecular weight excluding hydrogens is 418 g/mol. The van der Waals surface area contributed by atoms with Crippen molar-refractivity contribution in [2.45, 2.75) is 13.3 Å². The van der Waals surface area contributed by atoms with E-state index in [1.807, 2.05) is 0 Å². The second-order valence-electron chi connectivity index (χ2n) is 6.69. The van der Waals surface area contributed by atoms with Crippen LogP contribution in [0.15, 0.2) is 54.6 Å². The SMILES string of the molecule is C=CCc1cc(C=C2C(=O)NC(=O)N(c3cccc([N+](=O)[O-])c3)C2=O)cc(OCC)c1O. The number of phenolic OH excluding ortho intramolecular Hbond substituents is 1. The number of rotatable bonds is 7. The first kappa shape index (κ1) is 22.2. The third-order valence-electron chi connectivity index (χ3n) is 4.55. The number of nitrogens with one attached hydrogen (secondary N) is 1. The van der Waals surface area contributed by atoms with Crippen molar-refractivity contribution in [2.24, 2.45) is 0 Å². The van der Waals surface area contributed by atoms with E-state index in [4.69, 9.17) is 4.74 Å². The molecule has 164 valence electrons. The van der Waals surface area contributed by atoms with Gasteiger partial charge in [0.15, 0.2) is 11.5 Å². The van der Waals surface area contributed by atoms with Crippen LogP contribution in [0.3, 0.4) is 0 Å². The van der Waals surface area contributed by atoms with Crippen LogP contribution in [0.4, 0.5) is 16.2 Å². The minimum atomic E-state index is -1.02. The Bertz CT molecular complexity index is 1170. The number of nitro groups is 1. The molecule has 32 heavy (non-hydrogen) atoms. The van der Waals surface area contributed by atoms with Gasteiger partial charge in [-0.1, -0.05) is 12.1 Å². The molecule has 2 aromatic rings. The van der Waals surface area contributed by atoms with E-state index in [-0.39, 0.29) is 35.1 Å². The summed E-state index contributed by atoms with van der Waals surface area (Å²) in [5.74, 6) is -1.79. The summed E-state index contributed by atoms with van der Waals surface area (Å²) in [5, 5.41) is 23.4. The number of aromatic hydroxyl groups is 1. The lowest BCUT2D eigenvalue weighted by Crippen LogP contribution is -2.54. The second-order valence-corrected chi connectivity index (χ2v) is 6.69. The largest absolute Gasteiger partial charge is 0.504 e. The summed E-state index contributed by atoms with van der Waals surface area (Å²) < 4.78 is 5.42. The Morgan fingerprint density at radius 2 is 2.00 bits per heavy atom. The van der Waals surface area contributed by atoms with Gasteiger partial charge in [0.05, 0.1) is 17.2 Å². The van der Waals surface area contributed by atoms with Gasteiger partial charge in [0, 0.05) is 17.7 Å². The van der Waals surface area contributed by atoms with E-state index in [9.17, 15) is 29.6 Å². The lowest BCUT2D eigenvalue weighted by molar-refractivity contribution is -0.384. The fourth-order valence-electron chi connectivity index (χ4n) is 3.15. The molecule has 1 aliphatic rings. The van der Waals surface area contributed by atoms with Crippen molar-refractivity contribution in [3.8, 4) is 11.5 Å². The minimum absolute atomic E-state index is 0.0619. The van der Waals surface area contributed by atoms with Crippen LogP contribution in [-0.4, -0.2) is 34.5 Å². The van der Waals surface area contributed by atoms with Crippen LogP contribution >= 0.6 is 0 Å². The van der Waals surface area contributed by atoms with Gasteiger partial charge in [-0.15, -0.1) is 6.58 Å². The molecule has 0 spiro atoms. The maximum absolute atomic E-state index is 13.0. The molecule has 1 heterocycles.